The standard InChI is InChI=1S/C23H28BrClN2O3/c1-3-5-13-26-23(29)20(4-2)27(15-17-9-7-6-8-10-17)22(28)16-30-21-12-11-18(24)14-19(21)25/h6-12,14,20H,3-5,13,15-16H2,1-2H3,(H,26,29). The van der Waals surface area contributed by atoms with E-state index in [1.807, 2.05) is 37.3 Å². The van der Waals surface area contributed by atoms with Crippen LogP contribution in [0.3, 0.4) is 0 Å². The summed E-state index contributed by atoms with van der Waals surface area (Å²) in [6.07, 6.45) is 2.40. The summed E-state index contributed by atoms with van der Waals surface area (Å²) in [5.74, 6) is 0.0144. The van der Waals surface area contributed by atoms with Crippen LogP contribution >= 0.6 is 27.5 Å². The predicted molar refractivity (Wildman–Crippen MR) is 124 cm³/mol. The number of amides is 2. The van der Waals surface area contributed by atoms with Gasteiger partial charge in [0.2, 0.25) is 5.91 Å². The Bertz CT molecular complexity index is 832. The molecule has 0 fully saturated rings. The number of benzene rings is 2. The number of halogens is 2. The number of nitrogens with zero attached hydrogens (tertiary/aromatic N) is 1. The number of carbonyl (C=O) groups is 2. The Hall–Kier alpha value is -2.05. The lowest BCUT2D eigenvalue weighted by molar-refractivity contribution is -0.143. The second-order valence-electron chi connectivity index (χ2n) is 6.94. The molecule has 1 N–H and O–H groups in total. The van der Waals surface area contributed by atoms with E-state index < -0.39 is 6.04 Å². The van der Waals surface area contributed by atoms with Crippen LogP contribution in [0, 0.1) is 0 Å². The van der Waals surface area contributed by atoms with Crippen LogP contribution in [0.4, 0.5) is 0 Å². The van der Waals surface area contributed by atoms with E-state index in [1.54, 1.807) is 23.1 Å². The van der Waals surface area contributed by atoms with Crippen molar-refractivity contribution in [2.24, 2.45) is 0 Å². The van der Waals surface area contributed by atoms with Crippen molar-refractivity contribution < 1.29 is 14.3 Å². The minimum atomic E-state index is -0.571. The highest BCUT2D eigenvalue weighted by atomic mass is 79.9. The van der Waals surface area contributed by atoms with Crippen LogP contribution in [0.5, 0.6) is 5.75 Å². The third kappa shape index (κ3) is 7.33. The van der Waals surface area contributed by atoms with Crippen LogP contribution in [-0.4, -0.2) is 35.9 Å². The normalized spacial score (nSPS) is 11.6. The zero-order valence-corrected chi connectivity index (χ0v) is 19.7. The van der Waals surface area contributed by atoms with Crippen LogP contribution in [-0.2, 0) is 16.1 Å². The molecule has 0 aliphatic heterocycles. The molecule has 2 aromatic carbocycles. The van der Waals surface area contributed by atoms with Crippen molar-refractivity contribution in [3.05, 3.63) is 63.6 Å². The molecule has 2 rings (SSSR count). The summed E-state index contributed by atoms with van der Waals surface area (Å²) < 4.78 is 6.50. The number of ether oxygens (including phenoxy) is 1. The monoisotopic (exact) mass is 494 g/mol. The third-order valence-corrected chi connectivity index (χ3v) is 5.44. The van der Waals surface area contributed by atoms with E-state index in [4.69, 9.17) is 16.3 Å². The number of hydrogen-bond donors (Lipinski definition) is 1. The highest BCUT2D eigenvalue weighted by Crippen LogP contribution is 2.27. The molecule has 0 radical (unpaired) electrons. The SMILES string of the molecule is CCCCNC(=O)C(CC)N(Cc1ccccc1)C(=O)COc1ccc(Br)cc1Cl. The maximum Gasteiger partial charge on any atom is 0.261 e. The molecule has 0 saturated heterocycles. The molecule has 0 spiro atoms. The molecular formula is C23H28BrClN2O3. The van der Waals surface area contributed by atoms with Gasteiger partial charge in [-0.3, -0.25) is 9.59 Å². The van der Waals surface area contributed by atoms with E-state index in [2.05, 4.69) is 28.2 Å². The molecule has 0 heterocycles. The average Bonchev–Trinajstić information content (AvgIpc) is 2.73. The summed E-state index contributed by atoms with van der Waals surface area (Å²) in [7, 11) is 0. The lowest BCUT2D eigenvalue weighted by atomic mass is 10.1. The number of rotatable bonds is 11. The van der Waals surface area contributed by atoms with E-state index in [0.29, 0.717) is 30.3 Å². The highest BCUT2D eigenvalue weighted by molar-refractivity contribution is 9.10. The highest BCUT2D eigenvalue weighted by Gasteiger charge is 2.28. The van der Waals surface area contributed by atoms with Gasteiger partial charge in [0.05, 0.1) is 5.02 Å². The van der Waals surface area contributed by atoms with Gasteiger partial charge in [-0.2, -0.15) is 0 Å². The van der Waals surface area contributed by atoms with Crippen molar-refractivity contribution in [1.29, 1.82) is 0 Å². The molecule has 2 aromatic rings. The first-order valence-electron chi connectivity index (χ1n) is 10.1. The first-order chi connectivity index (χ1) is 14.5. The van der Waals surface area contributed by atoms with Crippen molar-refractivity contribution in [2.75, 3.05) is 13.2 Å². The molecule has 0 aromatic heterocycles. The van der Waals surface area contributed by atoms with Gasteiger partial charge in [0, 0.05) is 17.6 Å². The van der Waals surface area contributed by atoms with Crippen LogP contribution in [0.2, 0.25) is 5.02 Å². The summed E-state index contributed by atoms with van der Waals surface area (Å²) in [5, 5.41) is 3.36. The molecule has 162 valence electrons. The number of unbranched alkanes of at least 4 members (excludes halogenated alkanes) is 1. The Kier molecular flexibility index (Phi) is 10.2. The van der Waals surface area contributed by atoms with Crippen molar-refractivity contribution in [2.45, 2.75) is 45.7 Å². The molecular weight excluding hydrogens is 468 g/mol. The van der Waals surface area contributed by atoms with Crippen LogP contribution in [0.25, 0.3) is 0 Å². The Balaban J connectivity index is 2.16. The number of nitrogens with one attached hydrogen (secondary N) is 1. The van der Waals surface area contributed by atoms with Gasteiger partial charge >= 0.3 is 0 Å². The fourth-order valence-corrected chi connectivity index (χ4v) is 3.75. The largest absolute Gasteiger partial charge is 0.482 e. The van der Waals surface area contributed by atoms with Gasteiger partial charge in [0.15, 0.2) is 6.61 Å². The first-order valence-corrected chi connectivity index (χ1v) is 11.3. The summed E-state index contributed by atoms with van der Waals surface area (Å²) in [5.41, 5.74) is 0.951. The van der Waals surface area contributed by atoms with Gasteiger partial charge in [-0.05, 0) is 36.6 Å². The summed E-state index contributed by atoms with van der Waals surface area (Å²) >= 11 is 9.54. The third-order valence-electron chi connectivity index (χ3n) is 4.66. The van der Waals surface area contributed by atoms with E-state index in [1.165, 1.54) is 0 Å². The summed E-state index contributed by atoms with van der Waals surface area (Å²) in [6, 6.07) is 14.3. The first kappa shape index (κ1) is 24.2. The molecule has 30 heavy (non-hydrogen) atoms. The maximum atomic E-state index is 13.1. The van der Waals surface area contributed by atoms with Gasteiger partial charge < -0.3 is 15.0 Å². The number of hydrogen-bond acceptors (Lipinski definition) is 3. The van der Waals surface area contributed by atoms with Gasteiger partial charge in [-0.25, -0.2) is 0 Å². The lowest BCUT2D eigenvalue weighted by Crippen LogP contribution is -2.50. The van der Waals surface area contributed by atoms with Crippen LogP contribution in [0.15, 0.2) is 53.0 Å². The van der Waals surface area contributed by atoms with Crippen molar-refractivity contribution in [1.82, 2.24) is 10.2 Å². The van der Waals surface area contributed by atoms with E-state index in [9.17, 15) is 9.59 Å². The molecule has 2 amide bonds. The minimum Gasteiger partial charge on any atom is -0.482 e. The van der Waals surface area contributed by atoms with Gasteiger partial charge in [-0.15, -0.1) is 0 Å². The van der Waals surface area contributed by atoms with Gasteiger partial charge in [-0.1, -0.05) is 78.1 Å². The maximum absolute atomic E-state index is 13.1. The number of carbonyl (C=O) groups excluding carboxylic acids is 2. The van der Waals surface area contributed by atoms with Crippen molar-refractivity contribution >= 4 is 39.3 Å². The molecule has 1 unspecified atom stereocenters. The second kappa shape index (κ2) is 12.6. The Morgan fingerprint density at radius 2 is 1.90 bits per heavy atom. The van der Waals surface area contributed by atoms with E-state index >= 15 is 0 Å². The van der Waals surface area contributed by atoms with Crippen molar-refractivity contribution in [3.63, 3.8) is 0 Å². The van der Waals surface area contributed by atoms with Crippen LogP contribution < -0.4 is 10.1 Å². The minimum absolute atomic E-state index is 0.142. The molecule has 0 saturated carbocycles. The topological polar surface area (TPSA) is 58.6 Å². The zero-order chi connectivity index (χ0) is 21.9. The van der Waals surface area contributed by atoms with Gasteiger partial charge in [0.25, 0.3) is 5.91 Å². The smallest absolute Gasteiger partial charge is 0.261 e. The van der Waals surface area contributed by atoms with E-state index in [0.717, 1.165) is 22.9 Å². The van der Waals surface area contributed by atoms with Crippen molar-refractivity contribution in [3.8, 4) is 5.75 Å². The van der Waals surface area contributed by atoms with Crippen LogP contribution in [0.1, 0.15) is 38.7 Å². The molecule has 5 nitrogen and oxygen atoms in total. The summed E-state index contributed by atoms with van der Waals surface area (Å²) in [6.45, 7) is 4.70. The molecule has 7 heteroatoms. The molecule has 0 aliphatic carbocycles. The fourth-order valence-electron chi connectivity index (χ4n) is 3.02. The Morgan fingerprint density at radius 3 is 2.53 bits per heavy atom. The average molecular weight is 496 g/mol. The fraction of sp³-hybridized carbons (Fsp3) is 0.391. The Labute approximate surface area is 191 Å². The van der Waals surface area contributed by atoms with Gasteiger partial charge in [0.1, 0.15) is 11.8 Å². The second-order valence-corrected chi connectivity index (χ2v) is 8.26. The zero-order valence-electron chi connectivity index (χ0n) is 17.4. The predicted octanol–water partition coefficient (Wildman–Crippen LogP) is 5.21. The molecule has 1 atom stereocenters. The molecule has 0 bridgehead atoms. The summed E-state index contributed by atoms with van der Waals surface area (Å²) in [4.78, 5) is 27.5. The molecule has 0 aliphatic rings. The Morgan fingerprint density at radius 1 is 1.17 bits per heavy atom. The quantitative estimate of drug-likeness (QED) is 0.436. The van der Waals surface area contributed by atoms with E-state index in [-0.39, 0.29) is 18.4 Å². The lowest BCUT2D eigenvalue weighted by Gasteiger charge is -2.30.